The van der Waals surface area contributed by atoms with Crippen LogP contribution in [0.3, 0.4) is 0 Å². The highest BCUT2D eigenvalue weighted by Crippen LogP contribution is 2.32. The minimum Gasteiger partial charge on any atom is -0.355 e. The number of carbonyl (C=O) groups excluding carboxylic acids is 1. The van der Waals surface area contributed by atoms with Gasteiger partial charge in [0, 0.05) is 46.4 Å². The van der Waals surface area contributed by atoms with Gasteiger partial charge in [0.2, 0.25) is 11.9 Å². The summed E-state index contributed by atoms with van der Waals surface area (Å²) < 4.78 is 0. The second-order valence-electron chi connectivity index (χ2n) is 7.49. The van der Waals surface area contributed by atoms with Crippen LogP contribution in [0.25, 0.3) is 10.6 Å². The molecule has 4 atom stereocenters. The van der Waals surface area contributed by atoms with Crippen LogP contribution in [0.15, 0.2) is 42.7 Å². The van der Waals surface area contributed by atoms with Crippen molar-refractivity contribution in [3.63, 3.8) is 0 Å². The van der Waals surface area contributed by atoms with Gasteiger partial charge in [-0.1, -0.05) is 23.7 Å². The zero-order valence-electron chi connectivity index (χ0n) is 16.7. The maximum atomic E-state index is 12.3. The molecule has 3 aromatic rings. The van der Waals surface area contributed by atoms with E-state index in [1.807, 2.05) is 44.3 Å². The lowest BCUT2D eigenvalue weighted by Gasteiger charge is -2.20. The van der Waals surface area contributed by atoms with Crippen LogP contribution in [0.2, 0.25) is 5.02 Å². The second kappa shape index (κ2) is 8.67. The van der Waals surface area contributed by atoms with Crippen LogP contribution in [0.5, 0.6) is 0 Å². The van der Waals surface area contributed by atoms with Crippen LogP contribution >= 0.6 is 22.9 Å². The van der Waals surface area contributed by atoms with Crippen LogP contribution in [-0.2, 0) is 4.79 Å². The third-order valence-corrected chi connectivity index (χ3v) is 6.76. The number of carbonyl (C=O) groups is 1. The molecule has 4 N–H and O–H groups in total. The number of hydrogen-bond acceptors (Lipinski definition) is 7. The third-order valence-electron chi connectivity index (χ3n) is 5.28. The van der Waals surface area contributed by atoms with E-state index in [2.05, 4.69) is 25.6 Å². The van der Waals surface area contributed by atoms with Crippen molar-refractivity contribution in [3.8, 4) is 10.6 Å². The molecule has 1 aliphatic heterocycles. The molecule has 2 aromatic heterocycles. The number of nitrogens with one attached hydrogen (secondary N) is 2. The number of halogens is 1. The summed E-state index contributed by atoms with van der Waals surface area (Å²) in [6.07, 6.45) is 3.53. The van der Waals surface area contributed by atoms with E-state index in [0.29, 0.717) is 23.2 Å². The third kappa shape index (κ3) is 4.30. The van der Waals surface area contributed by atoms with E-state index in [1.165, 1.54) is 0 Å². The fourth-order valence-electron chi connectivity index (χ4n) is 3.58. The van der Waals surface area contributed by atoms with Gasteiger partial charge in [-0.3, -0.25) is 4.79 Å². The van der Waals surface area contributed by atoms with E-state index in [9.17, 15) is 4.79 Å². The van der Waals surface area contributed by atoms with Gasteiger partial charge in [0.15, 0.2) is 0 Å². The van der Waals surface area contributed by atoms with Crippen molar-refractivity contribution in [2.75, 3.05) is 11.9 Å². The first kappa shape index (κ1) is 20.7. The van der Waals surface area contributed by atoms with Crippen molar-refractivity contribution < 1.29 is 4.79 Å². The number of aromatic nitrogens is 3. The molecular weight excluding hydrogens is 420 g/mol. The van der Waals surface area contributed by atoms with Crippen LogP contribution in [0, 0.1) is 5.92 Å². The fraction of sp³-hybridized carbons (Fsp3) is 0.333. The standard InChI is InChI=1S/C21H23ClN6OS/c1-11(23)15-9-25-19(29)18(15)16-7-8-24-21(28-16)27-12(2)17-10-26-20(30-17)13-3-5-14(22)6-4-13/h3-8,10-12,15,18H,9,23H2,1-2H3,(H,25,29)(H,24,27,28)/t11-,12+,15?,18+/m1/s1. The van der Waals surface area contributed by atoms with E-state index in [4.69, 9.17) is 17.3 Å². The number of rotatable bonds is 6. The molecule has 3 heterocycles. The Labute approximate surface area is 184 Å². The molecule has 0 saturated carbocycles. The van der Waals surface area contributed by atoms with Gasteiger partial charge in [-0.15, -0.1) is 11.3 Å². The van der Waals surface area contributed by atoms with Crippen molar-refractivity contribution in [3.05, 3.63) is 58.3 Å². The van der Waals surface area contributed by atoms with Crippen molar-refractivity contribution in [1.82, 2.24) is 20.3 Å². The largest absolute Gasteiger partial charge is 0.355 e. The number of nitrogens with two attached hydrogens (primary N) is 1. The molecule has 0 radical (unpaired) electrons. The fourth-order valence-corrected chi connectivity index (χ4v) is 4.63. The lowest BCUT2D eigenvalue weighted by molar-refractivity contribution is -0.120. The maximum Gasteiger partial charge on any atom is 0.229 e. The van der Waals surface area contributed by atoms with E-state index < -0.39 is 0 Å². The highest BCUT2D eigenvalue weighted by Gasteiger charge is 2.39. The van der Waals surface area contributed by atoms with Gasteiger partial charge in [-0.05, 0) is 32.0 Å². The molecule has 7 nitrogen and oxygen atoms in total. The minimum atomic E-state index is -0.358. The number of anilines is 1. The van der Waals surface area contributed by atoms with Crippen molar-refractivity contribution in [2.45, 2.75) is 31.8 Å². The molecular formula is C21H23ClN6OS. The van der Waals surface area contributed by atoms with Crippen LogP contribution in [0.1, 0.15) is 36.4 Å². The first-order valence-electron chi connectivity index (χ1n) is 9.77. The summed E-state index contributed by atoms with van der Waals surface area (Å²) in [6.45, 7) is 4.52. The van der Waals surface area contributed by atoms with Gasteiger partial charge in [-0.25, -0.2) is 15.0 Å². The molecule has 156 valence electrons. The molecule has 1 amide bonds. The predicted molar refractivity (Wildman–Crippen MR) is 120 cm³/mol. The van der Waals surface area contributed by atoms with Crippen molar-refractivity contribution in [1.29, 1.82) is 0 Å². The molecule has 30 heavy (non-hydrogen) atoms. The summed E-state index contributed by atoms with van der Waals surface area (Å²) in [7, 11) is 0. The van der Waals surface area contributed by atoms with E-state index in [-0.39, 0.29) is 29.8 Å². The van der Waals surface area contributed by atoms with Crippen LogP contribution in [0.4, 0.5) is 5.95 Å². The molecule has 4 rings (SSSR count). The number of benzene rings is 1. The Morgan fingerprint density at radius 1 is 1.23 bits per heavy atom. The zero-order chi connectivity index (χ0) is 21.3. The Hall–Kier alpha value is -2.55. The first-order valence-corrected chi connectivity index (χ1v) is 11.0. The van der Waals surface area contributed by atoms with Gasteiger partial charge in [0.1, 0.15) is 5.01 Å². The second-order valence-corrected chi connectivity index (χ2v) is 8.99. The monoisotopic (exact) mass is 442 g/mol. The minimum absolute atomic E-state index is 0.0149. The molecule has 1 aliphatic rings. The molecule has 0 bridgehead atoms. The summed E-state index contributed by atoms with van der Waals surface area (Å²) in [5.74, 6) is 0.0968. The van der Waals surface area contributed by atoms with E-state index >= 15 is 0 Å². The molecule has 1 aromatic carbocycles. The van der Waals surface area contributed by atoms with E-state index in [0.717, 1.165) is 15.4 Å². The van der Waals surface area contributed by atoms with Gasteiger partial charge >= 0.3 is 0 Å². The van der Waals surface area contributed by atoms with Gasteiger partial charge in [-0.2, -0.15) is 0 Å². The molecule has 1 saturated heterocycles. The highest BCUT2D eigenvalue weighted by atomic mass is 35.5. The number of nitrogens with zero attached hydrogens (tertiary/aromatic N) is 3. The topological polar surface area (TPSA) is 106 Å². The van der Waals surface area contributed by atoms with Gasteiger partial charge < -0.3 is 16.4 Å². The number of amides is 1. The average molecular weight is 443 g/mol. The Morgan fingerprint density at radius 3 is 2.73 bits per heavy atom. The van der Waals surface area contributed by atoms with Crippen molar-refractivity contribution in [2.24, 2.45) is 11.7 Å². The summed E-state index contributed by atoms with van der Waals surface area (Å²) in [6, 6.07) is 9.25. The van der Waals surface area contributed by atoms with Gasteiger partial charge in [0.05, 0.1) is 17.7 Å². The maximum absolute atomic E-state index is 12.3. The Morgan fingerprint density at radius 2 is 2.00 bits per heavy atom. The number of thiazole rings is 1. The lowest BCUT2D eigenvalue weighted by Crippen LogP contribution is -2.32. The normalized spacial score (nSPS) is 20.6. The summed E-state index contributed by atoms with van der Waals surface area (Å²) in [5, 5.41) is 7.83. The lowest BCUT2D eigenvalue weighted by atomic mass is 9.87. The summed E-state index contributed by atoms with van der Waals surface area (Å²) in [4.78, 5) is 26.9. The summed E-state index contributed by atoms with van der Waals surface area (Å²) >= 11 is 7.57. The highest BCUT2D eigenvalue weighted by molar-refractivity contribution is 7.15. The van der Waals surface area contributed by atoms with Crippen LogP contribution < -0.4 is 16.4 Å². The van der Waals surface area contributed by atoms with E-state index in [1.54, 1.807) is 23.6 Å². The van der Waals surface area contributed by atoms with Crippen LogP contribution in [-0.4, -0.2) is 33.4 Å². The molecule has 0 aliphatic carbocycles. The molecule has 1 fully saturated rings. The zero-order valence-corrected chi connectivity index (χ0v) is 18.2. The number of hydrogen-bond donors (Lipinski definition) is 3. The quantitative estimate of drug-likeness (QED) is 0.538. The molecule has 9 heteroatoms. The predicted octanol–water partition coefficient (Wildman–Crippen LogP) is 3.60. The smallest absolute Gasteiger partial charge is 0.229 e. The molecule has 0 spiro atoms. The Balaban J connectivity index is 1.50. The van der Waals surface area contributed by atoms with Gasteiger partial charge in [0.25, 0.3) is 0 Å². The SMILES string of the molecule is C[C@H](Nc1nccc([C@H]2C(=O)NCC2[C@@H](C)N)n1)c1cnc(-c2ccc(Cl)cc2)s1. The Bertz CT molecular complexity index is 1040. The Kier molecular flexibility index (Phi) is 5.99. The van der Waals surface area contributed by atoms with Crippen molar-refractivity contribution >= 4 is 34.8 Å². The first-order chi connectivity index (χ1) is 14.4. The molecule has 1 unspecified atom stereocenters. The summed E-state index contributed by atoms with van der Waals surface area (Å²) in [5.41, 5.74) is 7.78. The average Bonchev–Trinajstić information content (AvgIpc) is 3.36.